The monoisotopic (exact) mass is 553 g/mol. The third-order valence-corrected chi connectivity index (χ3v) is 5.95. The van der Waals surface area contributed by atoms with Gasteiger partial charge in [0, 0.05) is 12.2 Å². The van der Waals surface area contributed by atoms with E-state index in [1.807, 2.05) is 51.1 Å². The molecule has 0 aromatic heterocycles. The van der Waals surface area contributed by atoms with Crippen LogP contribution in [0.5, 0.6) is 0 Å². The number of nitriles is 1. The first-order valence-corrected chi connectivity index (χ1v) is 14.0. The van der Waals surface area contributed by atoms with E-state index in [-0.39, 0.29) is 12.1 Å². The van der Waals surface area contributed by atoms with Gasteiger partial charge in [-0.15, -0.1) is 0 Å². The van der Waals surface area contributed by atoms with E-state index in [0.717, 1.165) is 28.9 Å². The van der Waals surface area contributed by atoms with Crippen molar-refractivity contribution in [1.29, 1.82) is 5.26 Å². The summed E-state index contributed by atoms with van der Waals surface area (Å²) in [6, 6.07) is 16.6. The zero-order valence-corrected chi connectivity index (χ0v) is 25.1. The first kappa shape index (κ1) is 36.4. The summed E-state index contributed by atoms with van der Waals surface area (Å²) in [4.78, 5) is 3.67. The summed E-state index contributed by atoms with van der Waals surface area (Å²) < 4.78 is 38.5. The molecule has 3 nitrogen and oxygen atoms in total. The highest BCUT2D eigenvalue weighted by atomic mass is 19.4. The Bertz CT molecular complexity index is 1140. The van der Waals surface area contributed by atoms with E-state index in [9.17, 15) is 13.2 Å². The Labute approximate surface area is 240 Å². The fourth-order valence-corrected chi connectivity index (χ4v) is 3.53. The first-order valence-electron chi connectivity index (χ1n) is 14.0. The van der Waals surface area contributed by atoms with Crippen molar-refractivity contribution in [2.45, 2.75) is 79.8 Å². The fourth-order valence-electron chi connectivity index (χ4n) is 3.53. The van der Waals surface area contributed by atoms with Gasteiger partial charge < -0.3 is 5.32 Å². The molecule has 1 unspecified atom stereocenters. The van der Waals surface area contributed by atoms with Crippen molar-refractivity contribution in [3.8, 4) is 6.07 Å². The van der Waals surface area contributed by atoms with Crippen LogP contribution in [0.1, 0.15) is 95.9 Å². The number of allylic oxidation sites excluding steroid dienone is 1. The Morgan fingerprint density at radius 1 is 0.975 bits per heavy atom. The molecule has 0 fully saturated rings. The summed E-state index contributed by atoms with van der Waals surface area (Å²) >= 11 is 0. The van der Waals surface area contributed by atoms with E-state index >= 15 is 0 Å². The lowest BCUT2D eigenvalue weighted by Gasteiger charge is -2.15. The van der Waals surface area contributed by atoms with Crippen molar-refractivity contribution in [3.05, 3.63) is 90.5 Å². The minimum absolute atomic E-state index is 0.110. The average molecular weight is 554 g/mol. The van der Waals surface area contributed by atoms with E-state index in [4.69, 9.17) is 5.26 Å². The zero-order chi connectivity index (χ0) is 30.7. The maximum Gasteiger partial charge on any atom is 0.429 e. The normalized spacial score (nSPS) is 11.6. The van der Waals surface area contributed by atoms with Gasteiger partial charge in [-0.25, -0.2) is 4.99 Å². The van der Waals surface area contributed by atoms with Crippen LogP contribution >= 0.6 is 0 Å². The Morgan fingerprint density at radius 3 is 2.08 bits per heavy atom. The van der Waals surface area contributed by atoms with Crippen LogP contribution in [-0.2, 0) is 0 Å². The predicted molar refractivity (Wildman–Crippen MR) is 167 cm³/mol. The number of rotatable bonds is 12. The number of benzene rings is 2. The molecule has 0 aliphatic rings. The summed E-state index contributed by atoms with van der Waals surface area (Å²) in [5.41, 5.74) is 4.27. The smallest absolute Gasteiger partial charge is 0.385 e. The maximum absolute atomic E-state index is 12.8. The molecule has 0 bridgehead atoms. The number of aliphatic imine (C=N–C) groups is 1. The lowest BCUT2D eigenvalue weighted by atomic mass is 10.0. The molecule has 0 aliphatic carbocycles. The van der Waals surface area contributed by atoms with Crippen molar-refractivity contribution in [3.63, 3.8) is 0 Å². The molecule has 0 amide bonds. The highest BCUT2D eigenvalue weighted by Gasteiger charge is 2.34. The molecule has 1 N–H and O–H groups in total. The number of nitrogens with zero attached hydrogens (tertiary/aromatic N) is 2. The molecule has 0 saturated heterocycles. The fraction of sp³-hybridized carbons (Fsp3) is 0.412. The average Bonchev–Trinajstić information content (AvgIpc) is 2.95. The molecule has 0 spiro atoms. The van der Waals surface area contributed by atoms with Crippen LogP contribution in [0.3, 0.4) is 0 Å². The third-order valence-electron chi connectivity index (χ3n) is 5.95. The van der Waals surface area contributed by atoms with E-state index in [2.05, 4.69) is 50.0 Å². The van der Waals surface area contributed by atoms with Crippen LogP contribution in [0.4, 0.5) is 13.2 Å². The molecule has 1 atom stereocenters. The zero-order valence-electron chi connectivity index (χ0n) is 25.1. The second-order valence-corrected chi connectivity index (χ2v) is 9.37. The van der Waals surface area contributed by atoms with E-state index in [1.165, 1.54) is 32.6 Å². The molecule has 2 aromatic rings. The van der Waals surface area contributed by atoms with Crippen LogP contribution in [0.2, 0.25) is 0 Å². The van der Waals surface area contributed by atoms with Crippen LogP contribution in [0.25, 0.3) is 17.0 Å². The Morgan fingerprint density at radius 2 is 1.57 bits per heavy atom. The third kappa shape index (κ3) is 14.0. The summed E-state index contributed by atoms with van der Waals surface area (Å²) in [5.74, 6) is 0.566. The number of unbranched alkanes of at least 4 members (excludes halogenated alkanes) is 2. The highest BCUT2D eigenvalue weighted by Crippen LogP contribution is 2.24. The lowest BCUT2D eigenvalue weighted by molar-refractivity contribution is -0.0601. The van der Waals surface area contributed by atoms with Gasteiger partial charge in [-0.2, -0.15) is 18.4 Å². The summed E-state index contributed by atoms with van der Waals surface area (Å²) in [6.45, 7) is 24.1. The molecule has 2 rings (SSSR count). The minimum Gasteiger partial charge on any atom is -0.385 e. The quantitative estimate of drug-likeness (QED) is 0.210. The number of hydrogen-bond donors (Lipinski definition) is 1. The van der Waals surface area contributed by atoms with Gasteiger partial charge in [0.25, 0.3) is 0 Å². The van der Waals surface area contributed by atoms with Gasteiger partial charge in [0.2, 0.25) is 0 Å². The van der Waals surface area contributed by atoms with Gasteiger partial charge in [-0.05, 0) is 54.5 Å². The van der Waals surface area contributed by atoms with Gasteiger partial charge in [0.1, 0.15) is 5.71 Å². The lowest BCUT2D eigenvalue weighted by Crippen LogP contribution is -2.22. The first-order chi connectivity index (χ1) is 18.9. The Balaban J connectivity index is 0.000000968. The maximum atomic E-state index is 12.8. The van der Waals surface area contributed by atoms with Crippen molar-refractivity contribution in [2.75, 3.05) is 6.54 Å². The van der Waals surface area contributed by atoms with Crippen LogP contribution in [0, 0.1) is 17.2 Å². The Kier molecular flexibility index (Phi) is 17.7. The summed E-state index contributed by atoms with van der Waals surface area (Å²) in [7, 11) is 0. The number of hydrogen-bond acceptors (Lipinski definition) is 3. The molecule has 218 valence electrons. The second kappa shape index (κ2) is 19.5. The molecule has 40 heavy (non-hydrogen) atoms. The van der Waals surface area contributed by atoms with Gasteiger partial charge in [0.05, 0.1) is 17.3 Å². The van der Waals surface area contributed by atoms with Gasteiger partial charge in [-0.3, -0.25) is 0 Å². The molecular weight excluding hydrogens is 507 g/mol. The molecule has 0 radical (unpaired) electrons. The molecule has 0 saturated carbocycles. The van der Waals surface area contributed by atoms with Crippen LogP contribution in [0.15, 0.2) is 73.3 Å². The van der Waals surface area contributed by atoms with Crippen LogP contribution < -0.4 is 5.32 Å². The van der Waals surface area contributed by atoms with Gasteiger partial charge in [-0.1, -0.05) is 116 Å². The summed E-state index contributed by atoms with van der Waals surface area (Å²) in [6.07, 6.45) is 0.288. The number of halogens is 3. The van der Waals surface area contributed by atoms with E-state index < -0.39 is 11.9 Å². The molecule has 2 aromatic carbocycles. The highest BCUT2D eigenvalue weighted by molar-refractivity contribution is 5.93. The van der Waals surface area contributed by atoms with Gasteiger partial charge >= 0.3 is 6.18 Å². The molecule has 0 heterocycles. The largest absolute Gasteiger partial charge is 0.429 e. The minimum atomic E-state index is -4.43. The van der Waals surface area contributed by atoms with Crippen molar-refractivity contribution in [1.82, 2.24) is 5.32 Å². The molecule has 0 aliphatic heterocycles. The standard InChI is InChI=1S/C22H31F3N2.C10H9N.C2H6/c1-6-8-9-10-16(3)15-26-17(4)19-11-13-20(14-12-19)18(5)27-21(7-2)22(23,24)25;1-8(2)10-5-3-4-9(6-10)7-11;1-2/h11-14,16,26H,4-10,15H2,1-3H3;3-6H,1H2,2H3;1-2H3. The number of alkyl halides is 3. The summed E-state index contributed by atoms with van der Waals surface area (Å²) in [5, 5.41) is 11.9. The van der Waals surface area contributed by atoms with E-state index in [1.54, 1.807) is 18.2 Å². The van der Waals surface area contributed by atoms with Crippen molar-refractivity contribution >= 4 is 22.7 Å². The Hall–Kier alpha value is -3.59. The van der Waals surface area contributed by atoms with Crippen molar-refractivity contribution < 1.29 is 13.2 Å². The predicted octanol–water partition coefficient (Wildman–Crippen LogP) is 10.5. The van der Waals surface area contributed by atoms with Gasteiger partial charge in [0.15, 0.2) is 0 Å². The number of nitrogens with one attached hydrogen (secondary N) is 1. The van der Waals surface area contributed by atoms with Crippen LogP contribution in [-0.4, -0.2) is 18.4 Å². The topological polar surface area (TPSA) is 48.2 Å². The van der Waals surface area contributed by atoms with E-state index in [0.29, 0.717) is 17.0 Å². The SMILES string of the molecule is C=C(C)c1cccc(C#N)c1.C=C(N=C(CC)C(F)(F)F)c1ccc(C(=C)NCC(C)CCCCC)cc1.CC. The van der Waals surface area contributed by atoms with Crippen molar-refractivity contribution in [2.24, 2.45) is 10.9 Å². The molecular formula is C34H46F3N3. The second-order valence-electron chi connectivity index (χ2n) is 9.37. The molecule has 6 heteroatoms.